The first-order chi connectivity index (χ1) is 13.1. The van der Waals surface area contributed by atoms with E-state index in [1.165, 1.54) is 0 Å². The Morgan fingerprint density at radius 1 is 1.14 bits per heavy atom. The number of benzene rings is 1. The predicted octanol–water partition coefficient (Wildman–Crippen LogP) is 4.85. The lowest BCUT2D eigenvalue weighted by Gasteiger charge is -2.50. The van der Waals surface area contributed by atoms with Crippen molar-refractivity contribution in [1.82, 2.24) is 0 Å². The molecule has 0 aromatic heterocycles. The van der Waals surface area contributed by atoms with Crippen LogP contribution >= 0.6 is 0 Å². The zero-order valence-corrected chi connectivity index (χ0v) is 17.2. The van der Waals surface area contributed by atoms with Crippen LogP contribution in [-0.4, -0.2) is 28.4 Å². The van der Waals surface area contributed by atoms with Crippen LogP contribution in [0, 0.1) is 23.7 Å². The fraction of sp³-hybridized carbons (Fsp3) is 0.565. The Bertz CT molecular complexity index is 823. The molecule has 152 valence electrons. The molecule has 1 unspecified atom stereocenters. The quantitative estimate of drug-likeness (QED) is 0.558. The van der Waals surface area contributed by atoms with Crippen molar-refractivity contribution in [2.75, 3.05) is 0 Å². The van der Waals surface area contributed by atoms with Gasteiger partial charge in [-0.2, -0.15) is 0 Å². The second kappa shape index (κ2) is 7.26. The monoisotopic (exact) mass is 386 g/mol. The first-order valence-corrected chi connectivity index (χ1v) is 10.0. The number of carbonyl (C=O) groups excluding carboxylic acids is 2. The lowest BCUT2D eigenvalue weighted by atomic mass is 9.63. The van der Waals surface area contributed by atoms with Crippen LogP contribution in [0.2, 0.25) is 0 Å². The lowest BCUT2D eigenvalue weighted by Crippen LogP contribution is -2.49. The summed E-state index contributed by atoms with van der Waals surface area (Å²) < 4.78 is 6.29. The van der Waals surface area contributed by atoms with Gasteiger partial charge in [0.25, 0.3) is 0 Å². The van der Waals surface area contributed by atoms with Gasteiger partial charge in [-0.05, 0) is 49.5 Å². The van der Waals surface area contributed by atoms with E-state index in [4.69, 9.17) is 4.74 Å². The van der Waals surface area contributed by atoms with E-state index in [1.54, 1.807) is 0 Å². The van der Waals surface area contributed by atoms with Gasteiger partial charge >= 0.3 is 0 Å². The zero-order valence-electron chi connectivity index (χ0n) is 17.2. The summed E-state index contributed by atoms with van der Waals surface area (Å²) in [4.78, 5) is 23.3. The highest BCUT2D eigenvalue weighted by molar-refractivity contribution is 5.95. The van der Waals surface area contributed by atoms with Crippen molar-refractivity contribution in [3.05, 3.63) is 28.8 Å². The number of phenolic OH excluding ortho intramolecular Hbond substituents is 2. The molecule has 2 N–H and O–H groups in total. The Morgan fingerprint density at radius 3 is 2.32 bits per heavy atom. The van der Waals surface area contributed by atoms with E-state index in [2.05, 4.69) is 39.8 Å². The average molecular weight is 386 g/mol. The summed E-state index contributed by atoms with van der Waals surface area (Å²) in [5.74, 6) is 0.638. The molecule has 1 aliphatic carbocycles. The van der Waals surface area contributed by atoms with E-state index in [0.717, 1.165) is 12.8 Å². The summed E-state index contributed by atoms with van der Waals surface area (Å²) in [7, 11) is 0. The summed E-state index contributed by atoms with van der Waals surface area (Å²) in [5, 5.41) is 21.2. The van der Waals surface area contributed by atoms with Crippen molar-refractivity contribution in [2.24, 2.45) is 23.7 Å². The Kier molecular flexibility index (Phi) is 5.30. The van der Waals surface area contributed by atoms with Gasteiger partial charge in [0.1, 0.15) is 22.8 Å². The van der Waals surface area contributed by atoms with Crippen LogP contribution in [0.1, 0.15) is 79.7 Å². The highest BCUT2D eigenvalue weighted by Gasteiger charge is 2.50. The van der Waals surface area contributed by atoms with Crippen LogP contribution in [-0.2, 0) is 0 Å². The summed E-state index contributed by atoms with van der Waals surface area (Å²) in [6.45, 7) is 10.6. The molecular weight excluding hydrogens is 356 g/mol. The van der Waals surface area contributed by atoms with Crippen molar-refractivity contribution in [3.63, 3.8) is 0 Å². The minimum atomic E-state index is -0.642. The van der Waals surface area contributed by atoms with Crippen LogP contribution < -0.4 is 4.74 Å². The molecule has 0 spiro atoms. The van der Waals surface area contributed by atoms with Crippen molar-refractivity contribution < 1.29 is 24.5 Å². The van der Waals surface area contributed by atoms with Crippen molar-refractivity contribution in [1.29, 1.82) is 0 Å². The Balaban J connectivity index is 2.28. The summed E-state index contributed by atoms with van der Waals surface area (Å²) >= 11 is 0. The van der Waals surface area contributed by atoms with Crippen LogP contribution in [0.5, 0.6) is 17.2 Å². The van der Waals surface area contributed by atoms with Crippen molar-refractivity contribution in [3.8, 4) is 17.2 Å². The number of aldehydes is 2. The van der Waals surface area contributed by atoms with E-state index in [-0.39, 0.29) is 34.5 Å². The normalized spacial score (nSPS) is 28.6. The third-order valence-corrected chi connectivity index (χ3v) is 6.44. The number of phenols is 2. The molecule has 2 aliphatic rings. The van der Waals surface area contributed by atoms with Crippen molar-refractivity contribution in [2.45, 2.75) is 59.0 Å². The second-order valence-electron chi connectivity index (χ2n) is 9.13. The Labute approximate surface area is 166 Å². The van der Waals surface area contributed by atoms with Crippen LogP contribution in [0.15, 0.2) is 12.2 Å². The molecule has 1 heterocycles. The minimum Gasteiger partial charge on any atom is -0.507 e. The largest absolute Gasteiger partial charge is 0.507 e. The van der Waals surface area contributed by atoms with Gasteiger partial charge in [0.05, 0.1) is 11.1 Å². The Morgan fingerprint density at radius 2 is 1.79 bits per heavy atom. The smallest absolute Gasteiger partial charge is 0.157 e. The maximum Gasteiger partial charge on any atom is 0.157 e. The zero-order chi connectivity index (χ0) is 20.8. The molecule has 1 aliphatic heterocycles. The minimum absolute atomic E-state index is 0.0669. The van der Waals surface area contributed by atoms with Gasteiger partial charge in [-0.3, -0.25) is 9.59 Å². The molecule has 0 amide bonds. The van der Waals surface area contributed by atoms with E-state index in [0.29, 0.717) is 35.9 Å². The van der Waals surface area contributed by atoms with E-state index >= 15 is 0 Å². The number of hydrogen-bond acceptors (Lipinski definition) is 5. The highest BCUT2D eigenvalue weighted by Crippen LogP contribution is 2.58. The van der Waals surface area contributed by atoms with E-state index in [1.807, 2.05) is 6.92 Å². The SMILES string of the molecule is CC(C)C[C@@H]1c2c(O)c(C=O)c(O)c(C=O)c2O[C@]2(C)C=CC(C(C)C)C[C@H]12. The topological polar surface area (TPSA) is 83.8 Å². The molecule has 0 saturated carbocycles. The lowest BCUT2D eigenvalue weighted by molar-refractivity contribution is 0.00795. The fourth-order valence-corrected chi connectivity index (χ4v) is 4.86. The van der Waals surface area contributed by atoms with Gasteiger partial charge < -0.3 is 14.9 Å². The number of allylic oxidation sites excluding steroid dienone is 1. The maximum atomic E-state index is 11.8. The van der Waals surface area contributed by atoms with Crippen LogP contribution in [0.3, 0.4) is 0 Å². The summed E-state index contributed by atoms with van der Waals surface area (Å²) in [5.41, 5.74) is -0.468. The molecule has 3 rings (SSSR count). The number of rotatable bonds is 5. The molecule has 5 heteroatoms. The van der Waals surface area contributed by atoms with E-state index in [9.17, 15) is 19.8 Å². The number of aromatic hydroxyl groups is 2. The highest BCUT2D eigenvalue weighted by atomic mass is 16.5. The number of carbonyl (C=O) groups is 2. The molecule has 28 heavy (non-hydrogen) atoms. The third-order valence-electron chi connectivity index (χ3n) is 6.44. The van der Waals surface area contributed by atoms with Gasteiger partial charge in [0, 0.05) is 11.5 Å². The third kappa shape index (κ3) is 3.11. The second-order valence-corrected chi connectivity index (χ2v) is 9.13. The van der Waals surface area contributed by atoms with Gasteiger partial charge in [0.15, 0.2) is 12.6 Å². The van der Waals surface area contributed by atoms with Gasteiger partial charge in [-0.15, -0.1) is 0 Å². The average Bonchev–Trinajstić information content (AvgIpc) is 2.60. The molecular formula is C23H30O5. The van der Waals surface area contributed by atoms with Gasteiger partial charge in [0.2, 0.25) is 0 Å². The standard InChI is InChI=1S/C23H30O5/c1-12(2)8-15-18-9-14(13(3)4)6-7-23(18,5)28-22-17(11-25)20(26)16(10-24)21(27)19(15)22/h6-7,10-15,18,26-27H,8-9H2,1-5H3/t14?,15-,18+,23+/m0/s1. The number of hydrogen-bond donors (Lipinski definition) is 2. The molecule has 0 saturated heterocycles. The van der Waals surface area contributed by atoms with Crippen LogP contribution in [0.4, 0.5) is 0 Å². The number of ether oxygens (including phenoxy) is 1. The summed E-state index contributed by atoms with van der Waals surface area (Å²) in [6.07, 6.45) is 6.83. The van der Waals surface area contributed by atoms with Gasteiger partial charge in [-0.1, -0.05) is 33.8 Å². The molecule has 5 nitrogen and oxygen atoms in total. The molecule has 0 fully saturated rings. The number of fused-ring (bicyclic) bond motifs is 2. The molecule has 4 atom stereocenters. The maximum absolute atomic E-state index is 11.8. The molecule has 1 aromatic carbocycles. The molecule has 0 radical (unpaired) electrons. The first-order valence-electron chi connectivity index (χ1n) is 10.0. The molecule has 1 aromatic rings. The first kappa shape index (κ1) is 20.4. The Hall–Kier alpha value is -2.30. The summed E-state index contributed by atoms with van der Waals surface area (Å²) in [6, 6.07) is 0. The van der Waals surface area contributed by atoms with Crippen molar-refractivity contribution >= 4 is 12.6 Å². The van der Waals surface area contributed by atoms with Crippen LogP contribution in [0.25, 0.3) is 0 Å². The van der Waals surface area contributed by atoms with Gasteiger partial charge in [-0.25, -0.2) is 0 Å². The van der Waals surface area contributed by atoms with E-state index < -0.39 is 11.4 Å². The molecule has 0 bridgehead atoms. The predicted molar refractivity (Wildman–Crippen MR) is 107 cm³/mol. The fourth-order valence-electron chi connectivity index (χ4n) is 4.86.